The fraction of sp³-hybridized carbons (Fsp3) is 0.692. The van der Waals surface area contributed by atoms with Gasteiger partial charge in [0, 0.05) is 11.7 Å². The molecule has 3 aliphatic carbocycles. The summed E-state index contributed by atoms with van der Waals surface area (Å²) in [6.45, 7) is 4.62. The summed E-state index contributed by atoms with van der Waals surface area (Å²) in [5, 5.41) is 2.70. The van der Waals surface area contributed by atoms with Crippen LogP contribution in [0.15, 0.2) is 30.3 Å². The van der Waals surface area contributed by atoms with Crippen LogP contribution in [0.25, 0.3) is 0 Å². The van der Waals surface area contributed by atoms with Gasteiger partial charge in [-0.2, -0.15) is 0 Å². The van der Waals surface area contributed by atoms with Crippen molar-refractivity contribution in [2.24, 2.45) is 34.5 Å². The lowest BCUT2D eigenvalue weighted by Gasteiger charge is -2.60. The van der Waals surface area contributed by atoms with Gasteiger partial charge in [-0.15, -0.1) is 0 Å². The van der Waals surface area contributed by atoms with Crippen LogP contribution < -0.4 is 10.0 Å². The Kier molecular flexibility index (Phi) is 5.82. The summed E-state index contributed by atoms with van der Waals surface area (Å²) in [6, 6.07) is 9.59. The number of esters is 1. The Bertz CT molecular complexity index is 955. The third-order valence-electron chi connectivity index (χ3n) is 9.84. The van der Waals surface area contributed by atoms with Gasteiger partial charge in [0.15, 0.2) is 0 Å². The number of para-hydroxylation sites is 1. The van der Waals surface area contributed by atoms with Gasteiger partial charge in [0.2, 0.25) is 5.91 Å². The van der Waals surface area contributed by atoms with E-state index >= 15 is 0 Å². The van der Waals surface area contributed by atoms with Gasteiger partial charge in [-0.3, -0.25) is 9.59 Å². The molecule has 1 aromatic carbocycles. The molecule has 1 saturated heterocycles. The number of benzene rings is 1. The van der Waals surface area contributed by atoms with E-state index in [1.54, 1.807) is 0 Å². The SMILES string of the molecule is COC(=O)C1CC[C@H]2[C@@H]3CCC4NC(=O)C(S(=O)Nc5ccccc5)C[C@]4(C)[C@@H]3CC[C@]12C. The molecule has 5 rings (SSSR count). The first-order valence-corrected chi connectivity index (χ1v) is 13.6. The van der Waals surface area contributed by atoms with Crippen LogP contribution in [0.3, 0.4) is 0 Å². The molecule has 1 aliphatic heterocycles. The molecule has 6 nitrogen and oxygen atoms in total. The van der Waals surface area contributed by atoms with Crippen molar-refractivity contribution in [3.8, 4) is 0 Å². The summed E-state index contributed by atoms with van der Waals surface area (Å²) < 4.78 is 21.4. The third-order valence-corrected chi connectivity index (χ3v) is 11.2. The third kappa shape index (κ3) is 3.62. The van der Waals surface area contributed by atoms with Gasteiger partial charge < -0.3 is 14.8 Å². The smallest absolute Gasteiger partial charge is 0.309 e. The summed E-state index contributed by atoms with van der Waals surface area (Å²) in [7, 11) is 0.0147. The lowest BCUT2D eigenvalue weighted by Crippen LogP contribution is -2.65. The fourth-order valence-electron chi connectivity index (χ4n) is 8.14. The zero-order valence-electron chi connectivity index (χ0n) is 19.8. The van der Waals surface area contributed by atoms with Gasteiger partial charge in [0.25, 0.3) is 0 Å². The number of hydrogen-bond acceptors (Lipinski definition) is 4. The van der Waals surface area contributed by atoms with Gasteiger partial charge in [-0.05, 0) is 85.7 Å². The minimum atomic E-state index is -1.49. The number of nitrogens with one attached hydrogen (secondary N) is 2. The molecule has 7 heteroatoms. The number of rotatable bonds is 4. The normalized spacial score (nSPS) is 42.8. The van der Waals surface area contributed by atoms with E-state index in [1.807, 2.05) is 30.3 Å². The number of piperidine rings is 1. The lowest BCUT2D eigenvalue weighted by molar-refractivity contribution is -0.155. The second kappa shape index (κ2) is 8.40. The van der Waals surface area contributed by atoms with E-state index < -0.39 is 16.2 Å². The fourth-order valence-corrected chi connectivity index (χ4v) is 9.42. The van der Waals surface area contributed by atoms with Crippen molar-refractivity contribution in [2.75, 3.05) is 11.8 Å². The number of hydrogen-bond donors (Lipinski definition) is 2. The van der Waals surface area contributed by atoms with Gasteiger partial charge >= 0.3 is 5.97 Å². The maximum atomic E-state index is 13.2. The highest BCUT2D eigenvalue weighted by molar-refractivity contribution is 7.87. The van der Waals surface area contributed by atoms with Crippen molar-refractivity contribution in [3.63, 3.8) is 0 Å². The average molecular weight is 473 g/mol. The van der Waals surface area contributed by atoms with E-state index in [2.05, 4.69) is 23.9 Å². The Labute approximate surface area is 199 Å². The first-order valence-electron chi connectivity index (χ1n) is 12.4. The van der Waals surface area contributed by atoms with E-state index in [4.69, 9.17) is 4.74 Å². The number of anilines is 1. The van der Waals surface area contributed by atoms with Gasteiger partial charge in [-0.25, -0.2) is 4.21 Å². The second-order valence-corrected chi connectivity index (χ2v) is 12.5. The summed E-state index contributed by atoms with van der Waals surface area (Å²) in [5.41, 5.74) is 0.692. The highest BCUT2D eigenvalue weighted by Gasteiger charge is 2.62. The highest BCUT2D eigenvalue weighted by Crippen LogP contribution is 2.65. The number of carbonyl (C=O) groups is 2. The second-order valence-electron chi connectivity index (χ2n) is 11.2. The minimum absolute atomic E-state index is 0.000336. The first kappa shape index (κ1) is 22.9. The maximum Gasteiger partial charge on any atom is 0.309 e. The van der Waals surface area contributed by atoms with Crippen LogP contribution in [0.4, 0.5) is 5.69 Å². The van der Waals surface area contributed by atoms with Gasteiger partial charge in [-0.1, -0.05) is 32.0 Å². The molecular weight excluding hydrogens is 436 g/mol. The number of carbonyl (C=O) groups excluding carboxylic acids is 2. The van der Waals surface area contributed by atoms with Crippen LogP contribution in [0.2, 0.25) is 0 Å². The molecule has 1 heterocycles. The number of fused-ring (bicyclic) bond motifs is 5. The molecular formula is C26H36N2O4S. The predicted molar refractivity (Wildman–Crippen MR) is 128 cm³/mol. The molecule has 0 spiro atoms. The van der Waals surface area contributed by atoms with E-state index in [-0.39, 0.29) is 34.7 Å². The average Bonchev–Trinajstić information content (AvgIpc) is 3.16. The summed E-state index contributed by atoms with van der Waals surface area (Å²) in [6.07, 6.45) is 6.77. The van der Waals surface area contributed by atoms with Crippen molar-refractivity contribution in [1.82, 2.24) is 5.32 Å². The number of methoxy groups -OCH3 is 1. The maximum absolute atomic E-state index is 13.2. The van der Waals surface area contributed by atoms with Crippen molar-refractivity contribution in [1.29, 1.82) is 0 Å². The Balaban J connectivity index is 1.37. The van der Waals surface area contributed by atoms with Crippen LogP contribution in [0.5, 0.6) is 0 Å². The van der Waals surface area contributed by atoms with Crippen LogP contribution >= 0.6 is 0 Å². The van der Waals surface area contributed by atoms with E-state index in [9.17, 15) is 13.8 Å². The molecule has 3 saturated carbocycles. The molecule has 33 heavy (non-hydrogen) atoms. The summed E-state index contributed by atoms with van der Waals surface area (Å²) >= 11 is 0. The zero-order chi connectivity index (χ0) is 23.4. The molecule has 0 aromatic heterocycles. The van der Waals surface area contributed by atoms with Crippen molar-refractivity contribution >= 4 is 28.5 Å². The molecule has 4 fully saturated rings. The Hall–Kier alpha value is -1.89. The lowest BCUT2D eigenvalue weighted by atomic mass is 9.47. The van der Waals surface area contributed by atoms with Crippen LogP contribution in [0.1, 0.15) is 58.8 Å². The van der Waals surface area contributed by atoms with E-state index in [0.717, 1.165) is 44.2 Å². The molecule has 4 aliphatic rings. The largest absolute Gasteiger partial charge is 0.469 e. The molecule has 9 atom stereocenters. The molecule has 1 amide bonds. The van der Waals surface area contributed by atoms with Crippen LogP contribution in [0, 0.1) is 34.5 Å². The molecule has 0 bridgehead atoms. The molecule has 180 valence electrons. The Morgan fingerprint density at radius 2 is 1.79 bits per heavy atom. The van der Waals surface area contributed by atoms with Gasteiger partial charge in [0.1, 0.15) is 16.2 Å². The molecule has 0 radical (unpaired) electrons. The minimum Gasteiger partial charge on any atom is -0.469 e. The number of amides is 1. The van der Waals surface area contributed by atoms with Crippen molar-refractivity contribution < 1.29 is 18.5 Å². The van der Waals surface area contributed by atoms with Crippen molar-refractivity contribution in [2.45, 2.75) is 70.1 Å². The monoisotopic (exact) mass is 472 g/mol. The quantitative estimate of drug-likeness (QED) is 0.648. The topological polar surface area (TPSA) is 84.5 Å². The Morgan fingerprint density at radius 1 is 1.06 bits per heavy atom. The highest BCUT2D eigenvalue weighted by atomic mass is 32.2. The van der Waals surface area contributed by atoms with Crippen LogP contribution in [-0.2, 0) is 25.3 Å². The first-order chi connectivity index (χ1) is 15.8. The van der Waals surface area contributed by atoms with E-state index in [1.165, 1.54) is 7.11 Å². The Morgan fingerprint density at radius 3 is 2.52 bits per heavy atom. The van der Waals surface area contributed by atoms with Crippen molar-refractivity contribution in [3.05, 3.63) is 30.3 Å². The molecule has 4 unspecified atom stereocenters. The zero-order valence-corrected chi connectivity index (χ0v) is 20.7. The van der Waals surface area contributed by atoms with E-state index in [0.29, 0.717) is 24.2 Å². The molecule has 2 N–H and O–H groups in total. The van der Waals surface area contributed by atoms with Crippen LogP contribution in [-0.4, -0.2) is 34.5 Å². The molecule has 1 aromatic rings. The number of ether oxygens (including phenoxy) is 1. The summed E-state index contributed by atoms with van der Waals surface area (Å²) in [4.78, 5) is 25.5. The van der Waals surface area contributed by atoms with Gasteiger partial charge in [0.05, 0.1) is 13.0 Å². The predicted octanol–water partition coefficient (Wildman–Crippen LogP) is 4.05. The summed E-state index contributed by atoms with van der Waals surface area (Å²) in [5.74, 6) is 1.39. The standard InChI is InChI=1S/C26H36N2O4S/c1-25-14-13-19-17(18(25)10-11-20(25)24(30)32-3)9-12-22-26(19,2)15-21(23(29)27-22)33(31)28-16-7-5-4-6-8-16/h4-8,17-22,28H,9-15H2,1-3H3,(H,27,29)/t17-,18-,19+,20?,21?,22?,25-,26+,33?/m0/s1.